The Bertz CT molecular complexity index is 616. The number of nitrogens with zero attached hydrogens (tertiary/aromatic N) is 1. The lowest BCUT2D eigenvalue weighted by Gasteiger charge is -2.31. The molecule has 130 valence electrons. The molecule has 0 bridgehead atoms. The average Bonchev–Trinajstić information content (AvgIpc) is 2.85. The molecule has 1 aliphatic heterocycles. The highest BCUT2D eigenvalue weighted by Gasteiger charge is 2.43. The van der Waals surface area contributed by atoms with Crippen molar-refractivity contribution in [3.8, 4) is 0 Å². The lowest BCUT2D eigenvalue weighted by Crippen LogP contribution is -2.50. The maximum Gasteiger partial charge on any atom is 0.325 e. The average molecular weight is 346 g/mol. The quantitative estimate of drug-likeness (QED) is 0.830. The second-order valence-electron chi connectivity index (χ2n) is 7.14. The van der Waals surface area contributed by atoms with Crippen LogP contribution in [0.4, 0.5) is 9.59 Å². The van der Waals surface area contributed by atoms with Gasteiger partial charge in [0.2, 0.25) is 0 Å². The molecule has 4 atom stereocenters. The first-order chi connectivity index (χ1) is 11.5. The van der Waals surface area contributed by atoms with Crippen LogP contribution in [0.15, 0.2) is 24.3 Å². The van der Waals surface area contributed by atoms with Crippen molar-refractivity contribution in [3.63, 3.8) is 0 Å². The smallest absolute Gasteiger partial charge is 0.325 e. The summed E-state index contributed by atoms with van der Waals surface area (Å²) in [7, 11) is 0. The third kappa shape index (κ3) is 3.46. The Morgan fingerprint density at radius 2 is 1.83 bits per heavy atom. The van der Waals surface area contributed by atoms with E-state index in [1.54, 1.807) is 0 Å². The second kappa shape index (κ2) is 7.18. The molecule has 0 spiro atoms. The normalized spacial score (nSPS) is 30.5. The second-order valence-corrected chi connectivity index (χ2v) is 8.24. The number of imide groups is 1. The number of benzene rings is 1. The first kappa shape index (κ1) is 17.3. The molecule has 1 saturated carbocycles. The maximum absolute atomic E-state index is 12.7. The van der Waals surface area contributed by atoms with Gasteiger partial charge in [-0.3, -0.25) is 9.69 Å². The SMILES string of the molecule is Cc1ccc([C@H]2SC(=O)N(C(=O)N[C@@H]3CCCC[C@H]3C)[C@@H]2C)cc1. The van der Waals surface area contributed by atoms with E-state index in [1.807, 2.05) is 13.8 Å². The van der Waals surface area contributed by atoms with E-state index in [1.165, 1.54) is 28.6 Å². The largest absolute Gasteiger partial charge is 0.335 e. The zero-order chi connectivity index (χ0) is 17.3. The Hall–Kier alpha value is -1.49. The van der Waals surface area contributed by atoms with Crippen molar-refractivity contribution < 1.29 is 9.59 Å². The number of hydrogen-bond acceptors (Lipinski definition) is 3. The molecular formula is C19H26N2O2S. The van der Waals surface area contributed by atoms with Gasteiger partial charge in [-0.1, -0.05) is 61.4 Å². The summed E-state index contributed by atoms with van der Waals surface area (Å²) in [6.45, 7) is 6.20. The number of carbonyl (C=O) groups excluding carboxylic acids is 2. The minimum atomic E-state index is -0.228. The number of nitrogens with one attached hydrogen (secondary N) is 1. The van der Waals surface area contributed by atoms with Gasteiger partial charge in [-0.25, -0.2) is 4.79 Å². The molecule has 0 radical (unpaired) electrons. The zero-order valence-corrected chi connectivity index (χ0v) is 15.4. The maximum atomic E-state index is 12.7. The summed E-state index contributed by atoms with van der Waals surface area (Å²) in [5.74, 6) is 0.483. The van der Waals surface area contributed by atoms with Crippen molar-refractivity contribution in [1.82, 2.24) is 10.2 Å². The molecule has 4 nitrogen and oxygen atoms in total. The fraction of sp³-hybridized carbons (Fsp3) is 0.579. The number of amides is 3. The van der Waals surface area contributed by atoms with Gasteiger partial charge in [0.15, 0.2) is 0 Å². The van der Waals surface area contributed by atoms with Gasteiger partial charge in [0.1, 0.15) is 0 Å². The summed E-state index contributed by atoms with van der Waals surface area (Å²) in [5, 5.41) is 2.97. The number of thioether (sulfide) groups is 1. The fourth-order valence-corrected chi connectivity index (χ4v) is 4.89. The number of hydrogen-bond donors (Lipinski definition) is 1. The van der Waals surface area contributed by atoms with E-state index in [-0.39, 0.29) is 28.6 Å². The Labute approximate surface area is 148 Å². The molecule has 1 saturated heterocycles. The van der Waals surface area contributed by atoms with E-state index in [4.69, 9.17) is 0 Å². The van der Waals surface area contributed by atoms with Crippen LogP contribution >= 0.6 is 11.8 Å². The van der Waals surface area contributed by atoms with Crippen LogP contribution in [-0.4, -0.2) is 28.3 Å². The monoisotopic (exact) mass is 346 g/mol. The summed E-state index contributed by atoms with van der Waals surface area (Å²) in [6.07, 6.45) is 4.55. The van der Waals surface area contributed by atoms with Crippen LogP contribution in [-0.2, 0) is 0 Å². The number of urea groups is 1. The van der Waals surface area contributed by atoms with Gasteiger partial charge in [0.05, 0.1) is 11.3 Å². The van der Waals surface area contributed by atoms with Gasteiger partial charge < -0.3 is 5.32 Å². The minimum Gasteiger partial charge on any atom is -0.335 e. The van der Waals surface area contributed by atoms with E-state index in [0.717, 1.165) is 24.8 Å². The van der Waals surface area contributed by atoms with Crippen molar-refractivity contribution in [1.29, 1.82) is 0 Å². The Morgan fingerprint density at radius 3 is 2.50 bits per heavy atom. The van der Waals surface area contributed by atoms with E-state index in [0.29, 0.717) is 5.92 Å². The standard InChI is InChI=1S/C19H26N2O2S/c1-12-8-10-15(11-9-12)17-14(3)21(19(23)24-17)18(22)20-16-7-5-4-6-13(16)2/h8-11,13-14,16-17H,4-7H2,1-3H3,(H,20,22)/t13-,14-,16-,17+/m1/s1. The molecular weight excluding hydrogens is 320 g/mol. The highest BCUT2D eigenvalue weighted by molar-refractivity contribution is 8.14. The Kier molecular flexibility index (Phi) is 5.18. The van der Waals surface area contributed by atoms with Crippen molar-refractivity contribution in [3.05, 3.63) is 35.4 Å². The molecule has 1 aromatic carbocycles. The molecule has 2 fully saturated rings. The van der Waals surface area contributed by atoms with Gasteiger partial charge in [-0.15, -0.1) is 0 Å². The minimum absolute atomic E-state index is 0.00706. The van der Waals surface area contributed by atoms with E-state index in [2.05, 4.69) is 36.5 Å². The van der Waals surface area contributed by atoms with Crippen LogP contribution < -0.4 is 5.32 Å². The highest BCUT2D eigenvalue weighted by Crippen LogP contribution is 2.43. The molecule has 1 aromatic rings. The molecule has 5 heteroatoms. The molecule has 0 unspecified atom stereocenters. The van der Waals surface area contributed by atoms with Gasteiger partial charge in [0, 0.05) is 6.04 Å². The van der Waals surface area contributed by atoms with Crippen LogP contribution in [0.2, 0.25) is 0 Å². The van der Waals surface area contributed by atoms with Crippen molar-refractivity contribution in [2.45, 2.75) is 63.8 Å². The molecule has 24 heavy (non-hydrogen) atoms. The third-order valence-electron chi connectivity index (χ3n) is 5.31. The van der Waals surface area contributed by atoms with Gasteiger partial charge in [0.25, 0.3) is 5.24 Å². The molecule has 2 aliphatic rings. The first-order valence-corrected chi connectivity index (χ1v) is 9.72. The summed E-state index contributed by atoms with van der Waals surface area (Å²) in [6, 6.07) is 8.05. The number of carbonyl (C=O) groups is 2. The predicted molar refractivity (Wildman–Crippen MR) is 98.2 cm³/mol. The van der Waals surface area contributed by atoms with Crippen LogP contribution in [0.5, 0.6) is 0 Å². The van der Waals surface area contributed by atoms with Crippen LogP contribution in [0.25, 0.3) is 0 Å². The van der Waals surface area contributed by atoms with Crippen molar-refractivity contribution in [2.75, 3.05) is 0 Å². The van der Waals surface area contributed by atoms with Crippen LogP contribution in [0.1, 0.15) is 55.9 Å². The molecule has 1 aliphatic carbocycles. The van der Waals surface area contributed by atoms with E-state index >= 15 is 0 Å². The number of rotatable bonds is 2. The Morgan fingerprint density at radius 1 is 1.17 bits per heavy atom. The molecule has 3 rings (SSSR count). The van der Waals surface area contributed by atoms with Gasteiger partial charge in [-0.2, -0.15) is 0 Å². The molecule has 1 N–H and O–H groups in total. The lowest BCUT2D eigenvalue weighted by atomic mass is 9.86. The summed E-state index contributed by atoms with van der Waals surface area (Å²) < 4.78 is 0. The van der Waals surface area contributed by atoms with Crippen molar-refractivity contribution in [2.24, 2.45) is 5.92 Å². The van der Waals surface area contributed by atoms with Crippen LogP contribution in [0.3, 0.4) is 0 Å². The summed E-state index contributed by atoms with van der Waals surface area (Å²) in [4.78, 5) is 26.5. The summed E-state index contributed by atoms with van der Waals surface area (Å²) >= 11 is 1.26. The van der Waals surface area contributed by atoms with Crippen LogP contribution in [0, 0.1) is 12.8 Å². The van der Waals surface area contributed by atoms with E-state index < -0.39 is 0 Å². The predicted octanol–water partition coefficient (Wildman–Crippen LogP) is 4.88. The molecule has 0 aromatic heterocycles. The lowest BCUT2D eigenvalue weighted by molar-refractivity contribution is 0.178. The van der Waals surface area contributed by atoms with Gasteiger partial charge >= 0.3 is 6.03 Å². The number of aryl methyl sites for hydroxylation is 1. The molecule has 3 amide bonds. The molecule has 1 heterocycles. The zero-order valence-electron chi connectivity index (χ0n) is 14.6. The Balaban J connectivity index is 1.70. The van der Waals surface area contributed by atoms with E-state index in [9.17, 15) is 9.59 Å². The van der Waals surface area contributed by atoms with Crippen molar-refractivity contribution >= 4 is 23.0 Å². The highest BCUT2D eigenvalue weighted by atomic mass is 32.2. The topological polar surface area (TPSA) is 49.4 Å². The first-order valence-electron chi connectivity index (χ1n) is 8.84. The third-order valence-corrected chi connectivity index (χ3v) is 6.63. The van der Waals surface area contributed by atoms with Gasteiger partial charge in [-0.05, 0) is 38.2 Å². The fourth-order valence-electron chi connectivity index (χ4n) is 3.69. The summed E-state index contributed by atoms with van der Waals surface area (Å²) in [5.41, 5.74) is 2.30.